The molecule has 1 amide bonds. The molecule has 1 aliphatic rings. The number of carbonyl (C=O) groups excluding carboxylic acids is 1. The second kappa shape index (κ2) is 10.9. The van der Waals surface area contributed by atoms with Gasteiger partial charge in [0.15, 0.2) is 0 Å². The molecule has 1 N–H and O–H groups in total. The van der Waals surface area contributed by atoms with E-state index < -0.39 is 11.7 Å². The summed E-state index contributed by atoms with van der Waals surface area (Å²) in [5.41, 5.74) is -0.117. The summed E-state index contributed by atoms with van der Waals surface area (Å²) in [6, 6.07) is 4.61. The van der Waals surface area contributed by atoms with Gasteiger partial charge in [-0.25, -0.2) is 9.97 Å². The second-order valence-electron chi connectivity index (χ2n) is 7.62. The minimum atomic E-state index is -4.50. The number of alkyl halides is 3. The fourth-order valence-electron chi connectivity index (χ4n) is 3.47. The zero-order chi connectivity index (χ0) is 23.6. The summed E-state index contributed by atoms with van der Waals surface area (Å²) < 4.78 is 44.3. The maximum absolute atomic E-state index is 13.3. The lowest BCUT2D eigenvalue weighted by Gasteiger charge is -2.29. The number of anilines is 2. The van der Waals surface area contributed by atoms with Crippen molar-refractivity contribution < 1.29 is 18.0 Å². The van der Waals surface area contributed by atoms with E-state index in [0.29, 0.717) is 34.6 Å². The summed E-state index contributed by atoms with van der Waals surface area (Å²) in [6.07, 6.45) is -0.519. The van der Waals surface area contributed by atoms with Gasteiger partial charge in [0, 0.05) is 54.8 Å². The number of nitrogens with one attached hydrogen (secondary N) is 1. The lowest BCUT2D eigenvalue weighted by molar-refractivity contribution is -0.138. The van der Waals surface area contributed by atoms with Crippen LogP contribution < -0.4 is 5.32 Å². The van der Waals surface area contributed by atoms with Crippen molar-refractivity contribution in [3.05, 3.63) is 47.7 Å². The maximum Gasteiger partial charge on any atom is 0.417 e. The number of nitrogens with zero attached hydrogens (tertiary/aromatic N) is 5. The van der Waals surface area contributed by atoms with Gasteiger partial charge in [0.1, 0.15) is 11.6 Å². The van der Waals surface area contributed by atoms with E-state index in [4.69, 9.17) is 0 Å². The van der Waals surface area contributed by atoms with E-state index in [2.05, 4.69) is 24.6 Å². The highest BCUT2D eigenvalue weighted by molar-refractivity contribution is 7.99. The van der Waals surface area contributed by atoms with Crippen LogP contribution in [0.4, 0.5) is 24.1 Å². The molecule has 1 fully saturated rings. The van der Waals surface area contributed by atoms with Crippen molar-refractivity contribution in [2.24, 2.45) is 0 Å². The first-order valence-electron chi connectivity index (χ1n) is 10.2. The Morgan fingerprint density at radius 3 is 2.62 bits per heavy atom. The molecule has 0 unspecified atom stereocenters. The first kappa shape index (κ1) is 26.2. The van der Waals surface area contributed by atoms with Crippen LogP contribution in [0.15, 0.2) is 40.4 Å². The SMILES string of the molecule is CC(=O)N1CCC(c2nsc(Nc3ncc(C(F)(F)F)cc3Sc3cccnc3C)n2)CC1.Cl. The number of halogens is 4. The van der Waals surface area contributed by atoms with Crippen molar-refractivity contribution in [1.29, 1.82) is 0 Å². The standard InChI is InChI=1S/C21H21F3N6OS2.ClH/c1-12-16(4-3-7-25-12)32-17-10-15(21(22,23)24)11-26-19(17)28-20-27-18(29-33-20)14-5-8-30(9-6-14)13(2)31;/h3-4,7,10-11,14H,5-6,8-9H2,1-2H3,(H,26,27,28,29);1H. The lowest BCUT2D eigenvalue weighted by atomic mass is 9.96. The Balaban J connectivity index is 0.00000324. The van der Waals surface area contributed by atoms with Crippen LogP contribution in [-0.4, -0.2) is 43.2 Å². The molecule has 0 aromatic carbocycles. The van der Waals surface area contributed by atoms with Gasteiger partial charge in [-0.1, -0.05) is 11.8 Å². The lowest BCUT2D eigenvalue weighted by Crippen LogP contribution is -2.36. The summed E-state index contributed by atoms with van der Waals surface area (Å²) in [5, 5.41) is 3.49. The zero-order valence-electron chi connectivity index (χ0n) is 18.3. The molecule has 1 saturated heterocycles. The van der Waals surface area contributed by atoms with Gasteiger partial charge in [0.05, 0.1) is 16.2 Å². The molecule has 182 valence electrons. The van der Waals surface area contributed by atoms with E-state index in [1.807, 2.05) is 0 Å². The summed E-state index contributed by atoms with van der Waals surface area (Å²) in [7, 11) is 0. The fraction of sp³-hybridized carbons (Fsp3) is 0.381. The first-order chi connectivity index (χ1) is 15.7. The third-order valence-corrected chi connectivity index (χ3v) is 7.16. The van der Waals surface area contributed by atoms with Crippen LogP contribution in [0.2, 0.25) is 0 Å². The molecule has 34 heavy (non-hydrogen) atoms. The Labute approximate surface area is 209 Å². The predicted octanol–water partition coefficient (Wildman–Crippen LogP) is 5.70. The Bertz CT molecular complexity index is 1150. The first-order valence-corrected chi connectivity index (χ1v) is 11.8. The largest absolute Gasteiger partial charge is 0.417 e. The third-order valence-electron chi connectivity index (χ3n) is 5.33. The van der Waals surface area contributed by atoms with Gasteiger partial charge in [-0.2, -0.15) is 17.5 Å². The average Bonchev–Trinajstić information content (AvgIpc) is 3.24. The Morgan fingerprint density at radius 2 is 1.97 bits per heavy atom. The number of aryl methyl sites for hydroxylation is 1. The number of hydrogen-bond donors (Lipinski definition) is 1. The number of likely N-dealkylation sites (tertiary alicyclic amines) is 1. The normalized spacial score (nSPS) is 14.6. The number of carbonyl (C=O) groups is 1. The summed E-state index contributed by atoms with van der Waals surface area (Å²) in [5.74, 6) is 1.14. The summed E-state index contributed by atoms with van der Waals surface area (Å²) in [6.45, 7) is 4.68. The molecule has 7 nitrogen and oxygen atoms in total. The van der Waals surface area contributed by atoms with Crippen molar-refractivity contribution in [2.75, 3.05) is 18.4 Å². The molecule has 0 atom stereocenters. The number of piperidine rings is 1. The van der Waals surface area contributed by atoms with Gasteiger partial charge >= 0.3 is 6.18 Å². The van der Waals surface area contributed by atoms with Gasteiger partial charge in [-0.05, 0) is 38.0 Å². The number of rotatable bonds is 5. The molecule has 4 heterocycles. The topological polar surface area (TPSA) is 83.9 Å². The molecule has 3 aromatic heterocycles. The van der Waals surface area contributed by atoms with Crippen LogP contribution >= 0.6 is 35.7 Å². The summed E-state index contributed by atoms with van der Waals surface area (Å²) in [4.78, 5) is 27.2. The average molecular weight is 531 g/mol. The molecule has 0 bridgehead atoms. The van der Waals surface area contributed by atoms with Crippen LogP contribution in [0, 0.1) is 6.92 Å². The molecule has 0 saturated carbocycles. The Kier molecular flexibility index (Phi) is 8.37. The molecule has 4 rings (SSSR count). The molecule has 3 aromatic rings. The van der Waals surface area contributed by atoms with E-state index in [0.717, 1.165) is 53.3 Å². The maximum atomic E-state index is 13.3. The Morgan fingerprint density at radius 1 is 1.24 bits per heavy atom. The highest BCUT2D eigenvalue weighted by Gasteiger charge is 2.32. The van der Waals surface area contributed by atoms with Gasteiger partial charge < -0.3 is 10.2 Å². The van der Waals surface area contributed by atoms with Crippen molar-refractivity contribution in [3.63, 3.8) is 0 Å². The van der Waals surface area contributed by atoms with Crippen molar-refractivity contribution in [3.8, 4) is 0 Å². The van der Waals surface area contributed by atoms with Gasteiger partial charge in [0.2, 0.25) is 11.0 Å². The van der Waals surface area contributed by atoms with Crippen molar-refractivity contribution >= 4 is 52.6 Å². The molecular formula is C21H22ClF3N6OS2. The molecule has 13 heteroatoms. The predicted molar refractivity (Wildman–Crippen MR) is 127 cm³/mol. The van der Waals surface area contributed by atoms with Crippen LogP contribution in [0.3, 0.4) is 0 Å². The van der Waals surface area contributed by atoms with E-state index in [1.165, 1.54) is 0 Å². The third kappa shape index (κ3) is 6.16. The van der Waals surface area contributed by atoms with Crippen LogP contribution in [0.5, 0.6) is 0 Å². The number of hydrogen-bond acceptors (Lipinski definition) is 8. The number of pyridine rings is 2. The molecular weight excluding hydrogens is 509 g/mol. The van der Waals surface area contributed by atoms with Gasteiger partial charge in [0.25, 0.3) is 0 Å². The number of aromatic nitrogens is 4. The van der Waals surface area contributed by atoms with E-state index in [9.17, 15) is 18.0 Å². The van der Waals surface area contributed by atoms with Crippen molar-refractivity contribution in [2.45, 2.75) is 48.6 Å². The van der Waals surface area contributed by atoms with Crippen molar-refractivity contribution in [1.82, 2.24) is 24.2 Å². The van der Waals surface area contributed by atoms with E-state index in [1.54, 1.807) is 37.1 Å². The quantitative estimate of drug-likeness (QED) is 0.453. The summed E-state index contributed by atoms with van der Waals surface area (Å²) >= 11 is 2.30. The van der Waals surface area contributed by atoms with E-state index >= 15 is 0 Å². The highest BCUT2D eigenvalue weighted by Crippen LogP contribution is 2.39. The fourth-order valence-corrected chi connectivity index (χ4v) is 5.09. The van der Waals surface area contributed by atoms with Gasteiger partial charge in [-0.3, -0.25) is 9.78 Å². The minimum absolute atomic E-state index is 0. The van der Waals surface area contributed by atoms with Crippen LogP contribution in [-0.2, 0) is 11.0 Å². The molecule has 1 aliphatic heterocycles. The van der Waals surface area contributed by atoms with E-state index in [-0.39, 0.29) is 30.0 Å². The molecule has 0 spiro atoms. The highest BCUT2D eigenvalue weighted by atomic mass is 35.5. The monoisotopic (exact) mass is 530 g/mol. The van der Waals surface area contributed by atoms with Crippen LogP contribution in [0.1, 0.15) is 42.8 Å². The molecule has 0 aliphatic carbocycles. The second-order valence-corrected chi connectivity index (χ2v) is 9.46. The number of amides is 1. The smallest absolute Gasteiger partial charge is 0.343 e. The zero-order valence-corrected chi connectivity index (χ0v) is 20.7. The molecule has 0 radical (unpaired) electrons. The minimum Gasteiger partial charge on any atom is -0.343 e. The van der Waals surface area contributed by atoms with Crippen LogP contribution in [0.25, 0.3) is 0 Å². The van der Waals surface area contributed by atoms with Gasteiger partial charge in [-0.15, -0.1) is 12.4 Å². The Hall–Kier alpha value is -2.44.